The second-order valence-corrected chi connectivity index (χ2v) is 7.09. The summed E-state index contributed by atoms with van der Waals surface area (Å²) in [7, 11) is 0. The van der Waals surface area contributed by atoms with Gasteiger partial charge in [-0.2, -0.15) is 0 Å². The van der Waals surface area contributed by atoms with Crippen molar-refractivity contribution in [3.63, 3.8) is 0 Å². The molecule has 2 amide bonds. The summed E-state index contributed by atoms with van der Waals surface area (Å²) in [6.07, 6.45) is 0.553. The molecule has 0 aromatic heterocycles. The first-order chi connectivity index (χ1) is 10.8. The molecular weight excluding hydrogens is 298 g/mol. The summed E-state index contributed by atoms with van der Waals surface area (Å²) in [5.74, 6) is 0.00378. The van der Waals surface area contributed by atoms with Gasteiger partial charge in [0.15, 0.2) is 0 Å². The average Bonchev–Trinajstić information content (AvgIpc) is 2.48. The molecular formula is C16H29N3O4. The van der Waals surface area contributed by atoms with Crippen LogP contribution in [0.25, 0.3) is 0 Å². The fourth-order valence-corrected chi connectivity index (χ4v) is 2.74. The molecule has 0 atom stereocenters. The lowest BCUT2D eigenvalue weighted by Crippen LogP contribution is -2.53. The lowest BCUT2D eigenvalue weighted by atomic mass is 10.2. The van der Waals surface area contributed by atoms with Gasteiger partial charge in [0.1, 0.15) is 12.1 Å². The maximum Gasteiger partial charge on any atom is 0.410 e. The van der Waals surface area contributed by atoms with Crippen LogP contribution < -0.4 is 0 Å². The first-order valence-corrected chi connectivity index (χ1v) is 8.41. The Kier molecular flexibility index (Phi) is 6.24. The Morgan fingerprint density at radius 1 is 1.13 bits per heavy atom. The van der Waals surface area contributed by atoms with Crippen molar-refractivity contribution >= 4 is 12.0 Å². The molecule has 0 bridgehead atoms. The van der Waals surface area contributed by atoms with Crippen LogP contribution in [0.5, 0.6) is 0 Å². The molecule has 0 saturated carbocycles. The van der Waals surface area contributed by atoms with Crippen LogP contribution in [-0.4, -0.2) is 91.3 Å². The monoisotopic (exact) mass is 327 g/mol. The molecule has 0 N–H and O–H groups in total. The quantitative estimate of drug-likeness (QED) is 0.764. The van der Waals surface area contributed by atoms with E-state index < -0.39 is 11.7 Å². The van der Waals surface area contributed by atoms with Crippen LogP contribution in [0.3, 0.4) is 0 Å². The van der Waals surface area contributed by atoms with E-state index >= 15 is 0 Å². The highest BCUT2D eigenvalue weighted by Crippen LogP contribution is 2.12. The summed E-state index contributed by atoms with van der Waals surface area (Å²) in [5, 5.41) is 0. The Morgan fingerprint density at radius 2 is 1.83 bits per heavy atom. The van der Waals surface area contributed by atoms with Gasteiger partial charge in [0.25, 0.3) is 0 Å². The van der Waals surface area contributed by atoms with Crippen LogP contribution in [0, 0.1) is 0 Å². The molecule has 2 aliphatic heterocycles. The van der Waals surface area contributed by atoms with Gasteiger partial charge in [0.2, 0.25) is 5.91 Å². The maximum absolute atomic E-state index is 12.2. The molecule has 2 rings (SSSR count). The highest BCUT2D eigenvalue weighted by atomic mass is 16.6. The van der Waals surface area contributed by atoms with Crippen molar-refractivity contribution in [3.05, 3.63) is 0 Å². The molecule has 23 heavy (non-hydrogen) atoms. The number of nitrogens with zero attached hydrogens (tertiary/aromatic N) is 3. The Labute approximate surface area is 138 Å². The summed E-state index contributed by atoms with van der Waals surface area (Å²) in [6, 6.07) is 0. The molecule has 0 radical (unpaired) electrons. The molecule has 2 saturated heterocycles. The third kappa shape index (κ3) is 5.99. The second-order valence-electron chi connectivity index (χ2n) is 7.09. The van der Waals surface area contributed by atoms with Crippen LogP contribution in [0.15, 0.2) is 0 Å². The average molecular weight is 327 g/mol. The third-order valence-corrected chi connectivity index (χ3v) is 3.98. The minimum Gasteiger partial charge on any atom is -0.444 e. The zero-order chi connectivity index (χ0) is 16.9. The van der Waals surface area contributed by atoms with Crippen LogP contribution in [0.1, 0.15) is 27.2 Å². The van der Waals surface area contributed by atoms with Gasteiger partial charge in [0, 0.05) is 39.3 Å². The fraction of sp³-hybridized carbons (Fsp3) is 0.875. The van der Waals surface area contributed by atoms with E-state index in [0.29, 0.717) is 13.1 Å². The van der Waals surface area contributed by atoms with Crippen molar-refractivity contribution in [2.75, 3.05) is 59.0 Å². The number of hydrogen-bond acceptors (Lipinski definition) is 5. The number of amides is 2. The Balaban J connectivity index is 1.69. The third-order valence-electron chi connectivity index (χ3n) is 3.98. The van der Waals surface area contributed by atoms with Crippen molar-refractivity contribution in [1.29, 1.82) is 0 Å². The number of carbonyl (C=O) groups is 2. The number of hydrogen-bond donors (Lipinski definition) is 0. The van der Waals surface area contributed by atoms with Crippen molar-refractivity contribution in [2.45, 2.75) is 32.8 Å². The van der Waals surface area contributed by atoms with Gasteiger partial charge in [-0.1, -0.05) is 0 Å². The second kappa shape index (κ2) is 7.97. The SMILES string of the molecule is CC(C)(C)OC(=O)N1CCN(CCCN2CCOCC2)C(=O)C1. The van der Waals surface area contributed by atoms with Gasteiger partial charge >= 0.3 is 6.09 Å². The van der Waals surface area contributed by atoms with Crippen LogP contribution >= 0.6 is 0 Å². The van der Waals surface area contributed by atoms with Crippen molar-refractivity contribution < 1.29 is 19.1 Å². The van der Waals surface area contributed by atoms with E-state index in [9.17, 15) is 9.59 Å². The predicted octanol–water partition coefficient (Wildman–Crippen LogP) is 0.788. The van der Waals surface area contributed by atoms with Gasteiger partial charge in [-0.3, -0.25) is 14.6 Å². The Hall–Kier alpha value is -1.34. The van der Waals surface area contributed by atoms with Crippen LogP contribution in [0.2, 0.25) is 0 Å². The largest absolute Gasteiger partial charge is 0.444 e. The van der Waals surface area contributed by atoms with Crippen molar-refractivity contribution in [3.8, 4) is 0 Å². The lowest BCUT2D eigenvalue weighted by molar-refractivity contribution is -0.136. The summed E-state index contributed by atoms with van der Waals surface area (Å²) >= 11 is 0. The van der Waals surface area contributed by atoms with Crippen molar-refractivity contribution in [2.24, 2.45) is 0 Å². The molecule has 0 aromatic carbocycles. The summed E-state index contributed by atoms with van der Waals surface area (Å²) < 4.78 is 10.6. The molecule has 0 aromatic rings. The first kappa shape index (κ1) is 18.0. The minimum absolute atomic E-state index is 0.00378. The highest BCUT2D eigenvalue weighted by Gasteiger charge is 2.29. The fourth-order valence-electron chi connectivity index (χ4n) is 2.74. The summed E-state index contributed by atoms with van der Waals surface area (Å²) in [4.78, 5) is 29.9. The summed E-state index contributed by atoms with van der Waals surface area (Å²) in [5.41, 5.74) is -0.532. The molecule has 2 aliphatic rings. The van der Waals surface area contributed by atoms with E-state index in [4.69, 9.17) is 9.47 Å². The minimum atomic E-state index is -0.532. The highest BCUT2D eigenvalue weighted by molar-refractivity contribution is 5.83. The summed E-state index contributed by atoms with van der Waals surface area (Å²) in [6.45, 7) is 12.0. The molecule has 0 spiro atoms. The Bertz CT molecular complexity index is 416. The van der Waals surface area contributed by atoms with Gasteiger partial charge in [0.05, 0.1) is 13.2 Å². The number of rotatable bonds is 4. The molecule has 2 fully saturated rings. The van der Waals surface area contributed by atoms with Gasteiger partial charge < -0.3 is 14.4 Å². The standard InChI is InChI=1S/C16H29N3O4/c1-16(2,3)23-15(21)19-8-7-18(14(20)13-19)6-4-5-17-9-11-22-12-10-17/h4-13H2,1-3H3. The number of morpholine rings is 1. The van der Waals surface area contributed by atoms with Gasteiger partial charge in [-0.25, -0.2) is 4.79 Å². The number of ether oxygens (including phenoxy) is 2. The maximum atomic E-state index is 12.2. The molecule has 0 unspecified atom stereocenters. The predicted molar refractivity (Wildman–Crippen MR) is 86.3 cm³/mol. The van der Waals surface area contributed by atoms with Crippen molar-refractivity contribution in [1.82, 2.24) is 14.7 Å². The molecule has 2 heterocycles. The molecule has 0 aliphatic carbocycles. The topological polar surface area (TPSA) is 62.3 Å². The van der Waals surface area contributed by atoms with E-state index in [1.807, 2.05) is 25.7 Å². The Morgan fingerprint density at radius 3 is 2.43 bits per heavy atom. The van der Waals surface area contributed by atoms with E-state index in [1.165, 1.54) is 4.90 Å². The van der Waals surface area contributed by atoms with Gasteiger partial charge in [-0.15, -0.1) is 0 Å². The zero-order valence-corrected chi connectivity index (χ0v) is 14.5. The number of piperazine rings is 1. The molecule has 132 valence electrons. The van der Waals surface area contributed by atoms with E-state index in [-0.39, 0.29) is 12.5 Å². The molecule has 7 nitrogen and oxygen atoms in total. The normalized spacial score (nSPS) is 20.7. The van der Waals surface area contributed by atoms with Crippen LogP contribution in [-0.2, 0) is 14.3 Å². The van der Waals surface area contributed by atoms with E-state index in [0.717, 1.165) is 45.8 Å². The zero-order valence-electron chi connectivity index (χ0n) is 14.5. The van der Waals surface area contributed by atoms with E-state index in [1.54, 1.807) is 0 Å². The number of carbonyl (C=O) groups excluding carboxylic acids is 2. The smallest absolute Gasteiger partial charge is 0.410 e. The lowest BCUT2D eigenvalue weighted by Gasteiger charge is -2.35. The first-order valence-electron chi connectivity index (χ1n) is 8.41. The molecule has 7 heteroatoms. The van der Waals surface area contributed by atoms with Crippen LogP contribution in [0.4, 0.5) is 4.79 Å². The van der Waals surface area contributed by atoms with E-state index in [2.05, 4.69) is 4.90 Å². The van der Waals surface area contributed by atoms with Gasteiger partial charge in [-0.05, 0) is 27.2 Å².